The van der Waals surface area contributed by atoms with Gasteiger partial charge in [-0.1, -0.05) is 6.92 Å². The van der Waals surface area contributed by atoms with E-state index < -0.39 is 0 Å². The van der Waals surface area contributed by atoms with Gasteiger partial charge in [0.05, 0.1) is 6.10 Å². The molecule has 2 atom stereocenters. The van der Waals surface area contributed by atoms with Crippen molar-refractivity contribution in [3.63, 3.8) is 0 Å². The Hall–Kier alpha value is -0.0800. The smallest absolute Gasteiger partial charge is 0.0588 e. The molecule has 2 nitrogen and oxygen atoms in total. The van der Waals surface area contributed by atoms with Crippen LogP contribution < -0.4 is 0 Å². The van der Waals surface area contributed by atoms with Crippen LogP contribution in [0.5, 0.6) is 0 Å². The van der Waals surface area contributed by atoms with E-state index in [0.29, 0.717) is 6.10 Å². The predicted molar refractivity (Wildman–Crippen MR) is 53.8 cm³/mol. The van der Waals surface area contributed by atoms with Crippen molar-refractivity contribution in [3.8, 4) is 0 Å². The lowest BCUT2D eigenvalue weighted by molar-refractivity contribution is 0.0946. The van der Waals surface area contributed by atoms with Crippen molar-refractivity contribution in [1.82, 2.24) is 4.90 Å². The lowest BCUT2D eigenvalue weighted by Crippen LogP contribution is -2.24. The van der Waals surface area contributed by atoms with E-state index in [-0.39, 0.29) is 0 Å². The third-order valence-electron chi connectivity index (χ3n) is 3.30. The third-order valence-corrected chi connectivity index (χ3v) is 3.30. The molecule has 0 aromatic heterocycles. The van der Waals surface area contributed by atoms with E-state index >= 15 is 0 Å². The van der Waals surface area contributed by atoms with Gasteiger partial charge in [-0.2, -0.15) is 0 Å². The van der Waals surface area contributed by atoms with Gasteiger partial charge in [0, 0.05) is 19.7 Å². The Labute approximate surface area is 81.3 Å². The van der Waals surface area contributed by atoms with Crippen molar-refractivity contribution in [2.24, 2.45) is 5.92 Å². The number of ether oxygens (including phenoxy) is 1. The molecule has 76 valence electrons. The molecule has 2 unspecified atom stereocenters. The van der Waals surface area contributed by atoms with Gasteiger partial charge in [0.25, 0.3) is 0 Å². The molecule has 2 heteroatoms. The van der Waals surface area contributed by atoms with Gasteiger partial charge >= 0.3 is 0 Å². The normalized spacial score (nSPS) is 35.8. The Kier molecular flexibility index (Phi) is 3.23. The second-order valence-electron chi connectivity index (χ2n) is 4.62. The maximum absolute atomic E-state index is 5.61. The molecule has 0 radical (unpaired) electrons. The summed E-state index contributed by atoms with van der Waals surface area (Å²) in [6.07, 6.45) is 5.80. The molecule has 2 saturated heterocycles. The van der Waals surface area contributed by atoms with Gasteiger partial charge in [-0.05, 0) is 38.1 Å². The minimum Gasteiger partial charge on any atom is -0.378 e. The quantitative estimate of drug-likeness (QED) is 0.662. The molecular formula is C11H21NO. The standard InChI is InChI=1S/C11H21NO/c1-10-4-6-12(9-10)7-5-11-3-2-8-13-11/h10-11H,2-9H2,1H3. The molecule has 0 saturated carbocycles. The van der Waals surface area contributed by atoms with Gasteiger partial charge in [0.1, 0.15) is 0 Å². The first-order valence-corrected chi connectivity index (χ1v) is 5.68. The molecule has 0 aromatic rings. The van der Waals surface area contributed by atoms with E-state index in [1.165, 1.54) is 45.3 Å². The van der Waals surface area contributed by atoms with Crippen LogP contribution in [0.4, 0.5) is 0 Å². The minimum absolute atomic E-state index is 0.580. The molecule has 0 aromatic carbocycles. The zero-order chi connectivity index (χ0) is 9.10. The Morgan fingerprint density at radius 3 is 2.92 bits per heavy atom. The van der Waals surface area contributed by atoms with Crippen molar-refractivity contribution in [3.05, 3.63) is 0 Å². The zero-order valence-corrected chi connectivity index (χ0v) is 8.67. The molecule has 0 N–H and O–H groups in total. The fraction of sp³-hybridized carbons (Fsp3) is 1.00. The molecule has 2 rings (SSSR count). The van der Waals surface area contributed by atoms with Gasteiger partial charge in [0.2, 0.25) is 0 Å². The van der Waals surface area contributed by atoms with Crippen LogP contribution in [0.2, 0.25) is 0 Å². The number of likely N-dealkylation sites (tertiary alicyclic amines) is 1. The average Bonchev–Trinajstić information content (AvgIpc) is 2.71. The van der Waals surface area contributed by atoms with Gasteiger partial charge in [-0.15, -0.1) is 0 Å². The summed E-state index contributed by atoms with van der Waals surface area (Å²) in [5.41, 5.74) is 0. The Balaban J connectivity index is 1.62. The summed E-state index contributed by atoms with van der Waals surface area (Å²) in [5.74, 6) is 0.921. The van der Waals surface area contributed by atoms with E-state index in [1.807, 2.05) is 0 Å². The summed E-state index contributed by atoms with van der Waals surface area (Å²) < 4.78 is 5.61. The van der Waals surface area contributed by atoms with Crippen LogP contribution in [0.1, 0.15) is 32.6 Å². The Morgan fingerprint density at radius 1 is 1.38 bits per heavy atom. The summed E-state index contributed by atoms with van der Waals surface area (Å²) in [4.78, 5) is 2.59. The van der Waals surface area contributed by atoms with Crippen molar-refractivity contribution in [2.45, 2.75) is 38.7 Å². The van der Waals surface area contributed by atoms with Crippen LogP contribution in [0.3, 0.4) is 0 Å². The molecule has 0 spiro atoms. The highest BCUT2D eigenvalue weighted by Crippen LogP contribution is 2.19. The summed E-state index contributed by atoms with van der Waals surface area (Å²) in [6, 6.07) is 0. The molecule has 2 heterocycles. The molecule has 0 bridgehead atoms. The number of hydrogen-bond acceptors (Lipinski definition) is 2. The molecule has 0 aliphatic carbocycles. The van der Waals surface area contributed by atoms with Gasteiger partial charge in [0.15, 0.2) is 0 Å². The first kappa shape index (κ1) is 9.47. The highest BCUT2D eigenvalue weighted by Gasteiger charge is 2.21. The Morgan fingerprint density at radius 2 is 2.31 bits per heavy atom. The highest BCUT2D eigenvalue weighted by atomic mass is 16.5. The molecular weight excluding hydrogens is 162 g/mol. The lowest BCUT2D eigenvalue weighted by Gasteiger charge is -2.17. The third kappa shape index (κ3) is 2.68. The van der Waals surface area contributed by atoms with Crippen molar-refractivity contribution in [2.75, 3.05) is 26.2 Å². The van der Waals surface area contributed by atoms with Crippen molar-refractivity contribution >= 4 is 0 Å². The molecule has 0 amide bonds. The van der Waals surface area contributed by atoms with Crippen LogP contribution in [0.25, 0.3) is 0 Å². The second-order valence-corrected chi connectivity index (χ2v) is 4.62. The highest BCUT2D eigenvalue weighted by molar-refractivity contribution is 4.74. The van der Waals surface area contributed by atoms with Crippen LogP contribution in [0, 0.1) is 5.92 Å². The van der Waals surface area contributed by atoms with Gasteiger partial charge in [-0.25, -0.2) is 0 Å². The van der Waals surface area contributed by atoms with Crippen LogP contribution in [-0.4, -0.2) is 37.2 Å². The molecule has 2 aliphatic rings. The maximum Gasteiger partial charge on any atom is 0.0588 e. The van der Waals surface area contributed by atoms with Crippen molar-refractivity contribution in [1.29, 1.82) is 0 Å². The van der Waals surface area contributed by atoms with Crippen molar-refractivity contribution < 1.29 is 4.74 Å². The largest absolute Gasteiger partial charge is 0.378 e. The second kappa shape index (κ2) is 4.43. The SMILES string of the molecule is CC1CCN(CCC2CCCO2)C1. The summed E-state index contributed by atoms with van der Waals surface area (Å²) in [7, 11) is 0. The minimum atomic E-state index is 0.580. The Bertz CT molecular complexity index is 154. The van der Waals surface area contributed by atoms with Crippen LogP contribution in [0.15, 0.2) is 0 Å². The van der Waals surface area contributed by atoms with Gasteiger partial charge < -0.3 is 9.64 Å². The maximum atomic E-state index is 5.61. The first-order valence-electron chi connectivity index (χ1n) is 5.68. The van der Waals surface area contributed by atoms with E-state index in [1.54, 1.807) is 0 Å². The first-order chi connectivity index (χ1) is 6.34. The summed E-state index contributed by atoms with van der Waals surface area (Å²) in [5, 5.41) is 0. The molecule has 2 fully saturated rings. The fourth-order valence-electron chi connectivity index (χ4n) is 2.43. The van der Waals surface area contributed by atoms with E-state index in [9.17, 15) is 0 Å². The molecule has 2 aliphatic heterocycles. The monoisotopic (exact) mass is 183 g/mol. The van der Waals surface area contributed by atoms with Gasteiger partial charge in [-0.3, -0.25) is 0 Å². The van der Waals surface area contributed by atoms with Crippen LogP contribution >= 0.6 is 0 Å². The van der Waals surface area contributed by atoms with E-state index in [0.717, 1.165) is 12.5 Å². The number of rotatable bonds is 3. The summed E-state index contributed by atoms with van der Waals surface area (Å²) >= 11 is 0. The topological polar surface area (TPSA) is 12.5 Å². The number of nitrogens with zero attached hydrogens (tertiary/aromatic N) is 1. The van der Waals surface area contributed by atoms with Crippen LogP contribution in [-0.2, 0) is 4.74 Å². The molecule has 13 heavy (non-hydrogen) atoms. The van der Waals surface area contributed by atoms with E-state index in [2.05, 4.69) is 11.8 Å². The average molecular weight is 183 g/mol. The summed E-state index contributed by atoms with van der Waals surface area (Å²) in [6.45, 7) is 7.24. The zero-order valence-electron chi connectivity index (χ0n) is 8.67. The fourth-order valence-corrected chi connectivity index (χ4v) is 2.43. The number of hydrogen-bond donors (Lipinski definition) is 0. The van der Waals surface area contributed by atoms with E-state index in [4.69, 9.17) is 4.74 Å². The lowest BCUT2D eigenvalue weighted by atomic mass is 10.1. The predicted octanol–water partition coefficient (Wildman–Crippen LogP) is 1.90.